The van der Waals surface area contributed by atoms with Gasteiger partial charge >= 0.3 is 0 Å². The average Bonchev–Trinajstić information content (AvgIpc) is 2.86. The lowest BCUT2D eigenvalue weighted by Gasteiger charge is -2.18. The Morgan fingerprint density at radius 3 is 2.79 bits per heavy atom. The zero-order chi connectivity index (χ0) is 13.5. The van der Waals surface area contributed by atoms with Crippen molar-refractivity contribution < 1.29 is 0 Å². The van der Waals surface area contributed by atoms with Crippen molar-refractivity contribution in [2.45, 2.75) is 32.2 Å². The van der Waals surface area contributed by atoms with E-state index >= 15 is 0 Å². The Morgan fingerprint density at radius 2 is 2.16 bits per heavy atom. The molecular formula is C15H22N4. The molecule has 0 aliphatic rings. The van der Waals surface area contributed by atoms with E-state index in [2.05, 4.69) is 34.5 Å². The van der Waals surface area contributed by atoms with Crippen LogP contribution in [0.1, 0.15) is 37.2 Å². The quantitative estimate of drug-likeness (QED) is 0.829. The smallest absolute Gasteiger partial charge is 0.0550 e. The van der Waals surface area contributed by atoms with Gasteiger partial charge in [0.1, 0.15) is 0 Å². The van der Waals surface area contributed by atoms with Crippen LogP contribution in [-0.2, 0) is 13.5 Å². The molecule has 0 amide bonds. The van der Waals surface area contributed by atoms with E-state index < -0.39 is 0 Å². The van der Waals surface area contributed by atoms with Crippen LogP contribution in [0, 0.1) is 0 Å². The van der Waals surface area contributed by atoms with Gasteiger partial charge < -0.3 is 5.32 Å². The highest BCUT2D eigenvalue weighted by atomic mass is 15.3. The van der Waals surface area contributed by atoms with Crippen molar-refractivity contribution in [3.8, 4) is 0 Å². The molecule has 2 rings (SSSR count). The molecule has 1 atom stereocenters. The van der Waals surface area contributed by atoms with Gasteiger partial charge in [0.25, 0.3) is 0 Å². The number of pyridine rings is 1. The maximum Gasteiger partial charge on any atom is 0.0550 e. The van der Waals surface area contributed by atoms with Crippen molar-refractivity contribution in [2.24, 2.45) is 7.05 Å². The van der Waals surface area contributed by atoms with Gasteiger partial charge in [0, 0.05) is 31.2 Å². The van der Waals surface area contributed by atoms with Gasteiger partial charge in [-0.05, 0) is 44.0 Å². The maximum atomic E-state index is 4.38. The molecule has 0 bridgehead atoms. The van der Waals surface area contributed by atoms with E-state index in [1.807, 2.05) is 36.3 Å². The minimum absolute atomic E-state index is 0.342. The molecular weight excluding hydrogens is 236 g/mol. The fraction of sp³-hybridized carbons (Fsp3) is 0.467. The van der Waals surface area contributed by atoms with Gasteiger partial charge in [0.05, 0.1) is 5.69 Å². The van der Waals surface area contributed by atoms with E-state index in [1.54, 1.807) is 0 Å². The summed E-state index contributed by atoms with van der Waals surface area (Å²) in [6, 6.07) is 8.51. The van der Waals surface area contributed by atoms with Crippen LogP contribution in [-0.4, -0.2) is 21.3 Å². The van der Waals surface area contributed by atoms with E-state index in [9.17, 15) is 0 Å². The summed E-state index contributed by atoms with van der Waals surface area (Å²) in [5, 5.41) is 7.86. The van der Waals surface area contributed by atoms with Gasteiger partial charge in [-0.25, -0.2) is 0 Å². The minimum Gasteiger partial charge on any atom is -0.309 e. The van der Waals surface area contributed by atoms with Crippen molar-refractivity contribution in [1.82, 2.24) is 20.1 Å². The lowest BCUT2D eigenvalue weighted by atomic mass is 10.1. The van der Waals surface area contributed by atoms with Crippen LogP contribution in [0.4, 0.5) is 0 Å². The molecule has 0 aromatic carbocycles. The first kappa shape index (κ1) is 13.7. The lowest BCUT2D eigenvalue weighted by Crippen LogP contribution is -2.25. The van der Waals surface area contributed by atoms with Crippen LogP contribution in [0.5, 0.6) is 0 Å². The first-order chi connectivity index (χ1) is 9.31. The molecule has 4 heteroatoms. The van der Waals surface area contributed by atoms with E-state index in [0.29, 0.717) is 6.04 Å². The molecule has 1 unspecified atom stereocenters. The average molecular weight is 258 g/mol. The second-order valence-corrected chi connectivity index (χ2v) is 4.75. The summed E-state index contributed by atoms with van der Waals surface area (Å²) in [6.07, 6.45) is 6.87. The third-order valence-corrected chi connectivity index (χ3v) is 3.27. The summed E-state index contributed by atoms with van der Waals surface area (Å²) >= 11 is 0. The number of hydrogen-bond acceptors (Lipinski definition) is 3. The topological polar surface area (TPSA) is 42.7 Å². The summed E-state index contributed by atoms with van der Waals surface area (Å²) in [4.78, 5) is 4.38. The van der Waals surface area contributed by atoms with Gasteiger partial charge in [-0.1, -0.05) is 13.0 Å². The van der Waals surface area contributed by atoms with Crippen LogP contribution in [0.15, 0.2) is 36.7 Å². The molecule has 0 fully saturated rings. The van der Waals surface area contributed by atoms with Crippen LogP contribution in [0.2, 0.25) is 0 Å². The zero-order valence-corrected chi connectivity index (χ0v) is 11.7. The number of aryl methyl sites for hydroxylation is 2. The summed E-state index contributed by atoms with van der Waals surface area (Å²) in [6.45, 7) is 3.21. The molecule has 2 heterocycles. The highest BCUT2D eigenvalue weighted by Gasteiger charge is 2.14. The highest BCUT2D eigenvalue weighted by molar-refractivity contribution is 5.09. The van der Waals surface area contributed by atoms with E-state index in [-0.39, 0.29) is 0 Å². The summed E-state index contributed by atoms with van der Waals surface area (Å²) in [5.74, 6) is 0. The lowest BCUT2D eigenvalue weighted by molar-refractivity contribution is 0.466. The van der Waals surface area contributed by atoms with Gasteiger partial charge in [-0.15, -0.1) is 0 Å². The molecule has 0 radical (unpaired) electrons. The Kier molecular flexibility index (Phi) is 5.10. The van der Waals surface area contributed by atoms with E-state index in [0.717, 1.165) is 31.5 Å². The number of hydrogen-bond donors (Lipinski definition) is 1. The van der Waals surface area contributed by atoms with Crippen molar-refractivity contribution in [2.75, 3.05) is 6.54 Å². The fourth-order valence-corrected chi connectivity index (χ4v) is 2.24. The van der Waals surface area contributed by atoms with Gasteiger partial charge in [0.15, 0.2) is 0 Å². The van der Waals surface area contributed by atoms with Crippen molar-refractivity contribution in [3.05, 3.63) is 48.0 Å². The second kappa shape index (κ2) is 7.04. The summed E-state index contributed by atoms with van der Waals surface area (Å²) in [7, 11) is 2.00. The van der Waals surface area contributed by atoms with Crippen molar-refractivity contribution in [1.29, 1.82) is 0 Å². The number of nitrogens with zero attached hydrogens (tertiary/aromatic N) is 3. The Labute approximate surface area is 114 Å². The molecule has 0 saturated carbocycles. The van der Waals surface area contributed by atoms with Crippen LogP contribution in [0.25, 0.3) is 0 Å². The van der Waals surface area contributed by atoms with Crippen LogP contribution in [0.3, 0.4) is 0 Å². The Balaban J connectivity index is 2.00. The number of rotatable bonds is 7. The molecule has 4 nitrogen and oxygen atoms in total. The SMILES string of the molecule is CCCNC(CCc1ccccn1)c1ccnn1C. The fourth-order valence-electron chi connectivity index (χ4n) is 2.24. The Hall–Kier alpha value is -1.68. The maximum absolute atomic E-state index is 4.38. The van der Waals surface area contributed by atoms with Gasteiger partial charge in [-0.3, -0.25) is 9.67 Å². The first-order valence-corrected chi connectivity index (χ1v) is 6.92. The Morgan fingerprint density at radius 1 is 1.26 bits per heavy atom. The predicted molar refractivity (Wildman–Crippen MR) is 76.8 cm³/mol. The van der Waals surface area contributed by atoms with Crippen molar-refractivity contribution in [3.63, 3.8) is 0 Å². The molecule has 0 spiro atoms. The first-order valence-electron chi connectivity index (χ1n) is 6.92. The molecule has 1 N–H and O–H groups in total. The highest BCUT2D eigenvalue weighted by Crippen LogP contribution is 2.18. The third-order valence-electron chi connectivity index (χ3n) is 3.27. The number of nitrogens with one attached hydrogen (secondary N) is 1. The number of aromatic nitrogens is 3. The minimum atomic E-state index is 0.342. The molecule has 2 aromatic rings. The molecule has 0 aliphatic heterocycles. The molecule has 0 aliphatic carbocycles. The largest absolute Gasteiger partial charge is 0.309 e. The molecule has 0 saturated heterocycles. The van der Waals surface area contributed by atoms with E-state index in [1.165, 1.54) is 5.69 Å². The second-order valence-electron chi connectivity index (χ2n) is 4.75. The summed E-state index contributed by atoms with van der Waals surface area (Å²) in [5.41, 5.74) is 2.39. The van der Waals surface area contributed by atoms with Crippen LogP contribution < -0.4 is 5.32 Å². The molecule has 19 heavy (non-hydrogen) atoms. The van der Waals surface area contributed by atoms with Gasteiger partial charge in [-0.2, -0.15) is 5.10 Å². The standard InChI is InChI=1S/C15H22N4/c1-3-10-17-14(15-9-12-18-19(15)2)8-7-13-6-4-5-11-16-13/h4-6,9,11-12,14,17H,3,7-8,10H2,1-2H3. The van der Waals surface area contributed by atoms with Crippen molar-refractivity contribution >= 4 is 0 Å². The molecule has 102 valence electrons. The van der Waals surface area contributed by atoms with Crippen LogP contribution >= 0.6 is 0 Å². The summed E-state index contributed by atoms with van der Waals surface area (Å²) < 4.78 is 1.95. The Bertz CT molecular complexity index is 478. The monoisotopic (exact) mass is 258 g/mol. The normalized spacial score (nSPS) is 12.5. The zero-order valence-electron chi connectivity index (χ0n) is 11.7. The predicted octanol–water partition coefficient (Wildman–Crippen LogP) is 2.49. The third kappa shape index (κ3) is 3.89. The van der Waals surface area contributed by atoms with Gasteiger partial charge in [0.2, 0.25) is 0 Å². The molecule has 2 aromatic heterocycles. The van der Waals surface area contributed by atoms with E-state index in [4.69, 9.17) is 0 Å².